The zero-order chi connectivity index (χ0) is 9.26. The van der Waals surface area contributed by atoms with Gasteiger partial charge >= 0.3 is 0 Å². The van der Waals surface area contributed by atoms with Crippen LogP contribution in [0.3, 0.4) is 0 Å². The number of H-pyrrole nitrogens is 1. The van der Waals surface area contributed by atoms with E-state index in [2.05, 4.69) is 9.97 Å². The van der Waals surface area contributed by atoms with Gasteiger partial charge < -0.3 is 4.98 Å². The van der Waals surface area contributed by atoms with E-state index in [1.165, 1.54) is 0 Å². The Balaban J connectivity index is 2.59. The van der Waals surface area contributed by atoms with E-state index < -0.39 is 0 Å². The molecule has 1 aromatic carbocycles. The minimum atomic E-state index is 0.549. The summed E-state index contributed by atoms with van der Waals surface area (Å²) in [5.41, 5.74) is 1.74. The highest BCUT2D eigenvalue weighted by Crippen LogP contribution is 2.31. The number of benzene rings is 1. The normalized spacial score (nSPS) is 10.3. The second-order valence-electron chi connectivity index (χ2n) is 2.57. The lowest BCUT2D eigenvalue weighted by Gasteiger charge is -2.01. The van der Waals surface area contributed by atoms with E-state index in [0.29, 0.717) is 10.0 Å². The molecule has 4 heteroatoms. The van der Waals surface area contributed by atoms with Crippen molar-refractivity contribution in [2.24, 2.45) is 0 Å². The van der Waals surface area contributed by atoms with Gasteiger partial charge in [-0.1, -0.05) is 35.3 Å². The number of imidazole rings is 1. The summed E-state index contributed by atoms with van der Waals surface area (Å²) in [6, 6.07) is 5.50. The van der Waals surface area contributed by atoms with Crippen LogP contribution in [-0.4, -0.2) is 9.97 Å². The van der Waals surface area contributed by atoms with Crippen molar-refractivity contribution in [2.45, 2.75) is 0 Å². The van der Waals surface area contributed by atoms with Crippen LogP contribution >= 0.6 is 23.2 Å². The number of rotatable bonds is 1. The number of hydrogen-bond acceptors (Lipinski definition) is 1. The zero-order valence-corrected chi connectivity index (χ0v) is 8.10. The molecule has 2 rings (SSSR count). The second-order valence-corrected chi connectivity index (χ2v) is 3.35. The predicted molar refractivity (Wildman–Crippen MR) is 54.0 cm³/mol. The maximum absolute atomic E-state index is 6.00. The van der Waals surface area contributed by atoms with E-state index in [4.69, 9.17) is 23.2 Å². The van der Waals surface area contributed by atoms with Crippen molar-refractivity contribution >= 4 is 23.2 Å². The van der Waals surface area contributed by atoms with Crippen molar-refractivity contribution in [1.29, 1.82) is 0 Å². The van der Waals surface area contributed by atoms with Crippen LogP contribution in [-0.2, 0) is 0 Å². The van der Waals surface area contributed by atoms with Gasteiger partial charge in [-0.05, 0) is 6.07 Å². The molecule has 2 aromatic rings. The Hall–Kier alpha value is -0.990. The van der Waals surface area contributed by atoms with Crippen molar-refractivity contribution in [3.05, 3.63) is 40.8 Å². The summed E-state index contributed by atoms with van der Waals surface area (Å²) in [6.07, 6.45) is 3.31. The molecule has 1 aromatic heterocycles. The van der Waals surface area contributed by atoms with Crippen LogP contribution in [0.5, 0.6) is 0 Å². The summed E-state index contributed by atoms with van der Waals surface area (Å²) in [5, 5.41) is 1.10. The van der Waals surface area contributed by atoms with E-state index >= 15 is 0 Å². The van der Waals surface area contributed by atoms with E-state index in [0.717, 1.165) is 11.3 Å². The van der Waals surface area contributed by atoms with E-state index in [1.807, 2.05) is 12.1 Å². The molecular formula is C9H6Cl2N2. The molecule has 0 atom stereocenters. The zero-order valence-electron chi connectivity index (χ0n) is 6.59. The molecule has 2 nitrogen and oxygen atoms in total. The SMILES string of the molecule is Clc1cccc(-c2cnc[nH]2)c1Cl. The highest BCUT2D eigenvalue weighted by atomic mass is 35.5. The second kappa shape index (κ2) is 3.40. The molecule has 0 aliphatic rings. The summed E-state index contributed by atoms with van der Waals surface area (Å²) in [6.45, 7) is 0. The van der Waals surface area contributed by atoms with Gasteiger partial charge in [-0.15, -0.1) is 0 Å². The molecule has 1 N–H and O–H groups in total. The van der Waals surface area contributed by atoms with Gasteiger partial charge in [0.1, 0.15) is 0 Å². The van der Waals surface area contributed by atoms with E-state index in [-0.39, 0.29) is 0 Å². The van der Waals surface area contributed by atoms with Crippen LogP contribution in [0.4, 0.5) is 0 Å². The third-order valence-electron chi connectivity index (χ3n) is 1.74. The molecule has 0 amide bonds. The molecular weight excluding hydrogens is 207 g/mol. The summed E-state index contributed by atoms with van der Waals surface area (Å²) in [4.78, 5) is 6.88. The summed E-state index contributed by atoms with van der Waals surface area (Å²) >= 11 is 11.9. The number of hydrogen-bond donors (Lipinski definition) is 1. The van der Waals surface area contributed by atoms with Gasteiger partial charge in [-0.3, -0.25) is 0 Å². The lowest BCUT2D eigenvalue weighted by Crippen LogP contribution is -1.79. The topological polar surface area (TPSA) is 28.7 Å². The van der Waals surface area contributed by atoms with Crippen molar-refractivity contribution in [3.63, 3.8) is 0 Å². The van der Waals surface area contributed by atoms with Gasteiger partial charge in [-0.2, -0.15) is 0 Å². The molecule has 0 radical (unpaired) electrons. The average molecular weight is 213 g/mol. The molecule has 0 bridgehead atoms. The first kappa shape index (κ1) is 8.60. The molecule has 0 aliphatic carbocycles. The van der Waals surface area contributed by atoms with Crippen LogP contribution in [0.25, 0.3) is 11.3 Å². The van der Waals surface area contributed by atoms with Gasteiger partial charge in [0, 0.05) is 5.56 Å². The molecule has 0 aliphatic heterocycles. The minimum Gasteiger partial charge on any atom is -0.345 e. The highest BCUT2D eigenvalue weighted by Gasteiger charge is 2.06. The Morgan fingerprint density at radius 3 is 2.77 bits per heavy atom. The summed E-state index contributed by atoms with van der Waals surface area (Å²) in [7, 11) is 0. The first-order valence-electron chi connectivity index (χ1n) is 3.72. The fourth-order valence-electron chi connectivity index (χ4n) is 1.11. The first-order chi connectivity index (χ1) is 6.29. The van der Waals surface area contributed by atoms with Crippen LogP contribution < -0.4 is 0 Å². The lowest BCUT2D eigenvalue weighted by molar-refractivity contribution is 1.31. The molecule has 0 fully saturated rings. The Morgan fingerprint density at radius 1 is 1.23 bits per heavy atom. The van der Waals surface area contributed by atoms with Crippen molar-refractivity contribution in [2.75, 3.05) is 0 Å². The van der Waals surface area contributed by atoms with Crippen LogP contribution in [0.1, 0.15) is 0 Å². The van der Waals surface area contributed by atoms with Gasteiger partial charge in [0.2, 0.25) is 0 Å². The maximum Gasteiger partial charge on any atom is 0.0924 e. The Bertz CT molecular complexity index is 410. The fourth-order valence-corrected chi connectivity index (χ4v) is 1.52. The molecule has 0 saturated carbocycles. The quantitative estimate of drug-likeness (QED) is 0.772. The highest BCUT2D eigenvalue weighted by molar-refractivity contribution is 6.43. The van der Waals surface area contributed by atoms with E-state index in [1.54, 1.807) is 18.6 Å². The average Bonchev–Trinajstić information content (AvgIpc) is 2.62. The molecule has 0 saturated heterocycles. The van der Waals surface area contributed by atoms with Crippen molar-refractivity contribution < 1.29 is 0 Å². The Labute approximate surface area is 85.5 Å². The van der Waals surface area contributed by atoms with Gasteiger partial charge in [0.15, 0.2) is 0 Å². The number of nitrogens with zero attached hydrogens (tertiary/aromatic N) is 1. The number of aromatic amines is 1. The molecule has 0 unspecified atom stereocenters. The first-order valence-corrected chi connectivity index (χ1v) is 4.47. The Morgan fingerprint density at radius 2 is 2.08 bits per heavy atom. The van der Waals surface area contributed by atoms with Gasteiger partial charge in [0.25, 0.3) is 0 Å². The number of halogens is 2. The monoisotopic (exact) mass is 212 g/mol. The third kappa shape index (κ3) is 1.55. The van der Waals surface area contributed by atoms with Crippen LogP contribution in [0, 0.1) is 0 Å². The number of aromatic nitrogens is 2. The largest absolute Gasteiger partial charge is 0.345 e. The van der Waals surface area contributed by atoms with Crippen molar-refractivity contribution in [1.82, 2.24) is 9.97 Å². The molecule has 13 heavy (non-hydrogen) atoms. The molecule has 66 valence electrons. The number of nitrogens with one attached hydrogen (secondary N) is 1. The van der Waals surface area contributed by atoms with Gasteiger partial charge in [-0.25, -0.2) is 4.98 Å². The van der Waals surface area contributed by atoms with E-state index in [9.17, 15) is 0 Å². The fraction of sp³-hybridized carbons (Fsp3) is 0. The predicted octanol–water partition coefficient (Wildman–Crippen LogP) is 3.38. The smallest absolute Gasteiger partial charge is 0.0924 e. The molecule has 1 heterocycles. The van der Waals surface area contributed by atoms with Gasteiger partial charge in [0.05, 0.1) is 28.3 Å². The lowest BCUT2D eigenvalue weighted by atomic mass is 10.2. The van der Waals surface area contributed by atoms with Crippen LogP contribution in [0.2, 0.25) is 10.0 Å². The maximum atomic E-state index is 6.00. The summed E-state index contributed by atoms with van der Waals surface area (Å²) in [5.74, 6) is 0. The third-order valence-corrected chi connectivity index (χ3v) is 2.56. The Kier molecular flexibility index (Phi) is 2.25. The minimum absolute atomic E-state index is 0.549. The standard InChI is InChI=1S/C9H6Cl2N2/c10-7-3-1-2-6(9(7)11)8-4-12-5-13-8/h1-5H,(H,12,13). The van der Waals surface area contributed by atoms with Crippen LogP contribution in [0.15, 0.2) is 30.7 Å². The molecule has 0 spiro atoms. The summed E-state index contributed by atoms with van der Waals surface area (Å²) < 4.78 is 0. The van der Waals surface area contributed by atoms with Crippen molar-refractivity contribution in [3.8, 4) is 11.3 Å².